The maximum atomic E-state index is 10.6. The van der Waals surface area contributed by atoms with E-state index < -0.39 is 0 Å². The van der Waals surface area contributed by atoms with E-state index in [4.69, 9.17) is 4.74 Å². The Kier molecular flexibility index (Phi) is 1.74. The van der Waals surface area contributed by atoms with E-state index in [-0.39, 0.29) is 18.0 Å². The Balaban J connectivity index is 2.30. The predicted octanol–water partition coefficient (Wildman–Crippen LogP) is 1.35. The molecule has 1 aliphatic heterocycles. The number of esters is 1. The van der Waals surface area contributed by atoms with Crippen molar-refractivity contribution in [3.05, 3.63) is 0 Å². The van der Waals surface area contributed by atoms with E-state index in [9.17, 15) is 4.79 Å². The lowest BCUT2D eigenvalue weighted by atomic mass is 9.94. The van der Waals surface area contributed by atoms with E-state index in [1.165, 1.54) is 0 Å². The van der Waals surface area contributed by atoms with E-state index in [2.05, 4.69) is 6.92 Å². The molecule has 1 aliphatic rings. The van der Waals surface area contributed by atoms with Gasteiger partial charge in [-0.2, -0.15) is 0 Å². The molecule has 1 heterocycles. The van der Waals surface area contributed by atoms with Gasteiger partial charge in [0.1, 0.15) is 6.10 Å². The van der Waals surface area contributed by atoms with Crippen molar-refractivity contribution >= 4 is 5.97 Å². The fourth-order valence-electron chi connectivity index (χ4n) is 1.14. The van der Waals surface area contributed by atoms with Gasteiger partial charge in [0.25, 0.3) is 0 Å². The summed E-state index contributed by atoms with van der Waals surface area (Å²) in [6.07, 6.45) is 2.24. The van der Waals surface area contributed by atoms with Crippen molar-refractivity contribution in [2.24, 2.45) is 5.92 Å². The van der Waals surface area contributed by atoms with Crippen molar-refractivity contribution < 1.29 is 9.53 Å². The summed E-state index contributed by atoms with van der Waals surface area (Å²) in [6.45, 7) is 4.03. The molecule has 0 spiro atoms. The Morgan fingerprint density at radius 3 is 2.56 bits per heavy atom. The van der Waals surface area contributed by atoms with Gasteiger partial charge in [0.05, 0.1) is 5.92 Å². The van der Waals surface area contributed by atoms with E-state index >= 15 is 0 Å². The van der Waals surface area contributed by atoms with Crippen LogP contribution in [0.15, 0.2) is 0 Å². The van der Waals surface area contributed by atoms with Crippen molar-refractivity contribution in [1.29, 1.82) is 0 Å². The summed E-state index contributed by atoms with van der Waals surface area (Å²) >= 11 is 0. The van der Waals surface area contributed by atoms with Gasteiger partial charge in [-0.05, 0) is 13.3 Å². The standard InChI is InChI=1S/C7H12O2/c1-3-4-6-5(2)9-7(6)8/h5-6H,3-4H2,1-2H3/t5-,6-/m1/s1. The highest BCUT2D eigenvalue weighted by Gasteiger charge is 2.37. The van der Waals surface area contributed by atoms with Crippen LogP contribution in [0, 0.1) is 5.92 Å². The molecule has 0 radical (unpaired) electrons. The summed E-state index contributed by atoms with van der Waals surface area (Å²) in [5, 5.41) is 0. The molecule has 0 N–H and O–H groups in total. The van der Waals surface area contributed by atoms with Crippen LogP contribution in [0.3, 0.4) is 0 Å². The minimum Gasteiger partial charge on any atom is -0.461 e. The summed E-state index contributed by atoms with van der Waals surface area (Å²) < 4.78 is 4.77. The minimum atomic E-state index is -0.00986. The molecule has 2 atom stereocenters. The first-order valence-electron chi connectivity index (χ1n) is 3.46. The molecular formula is C7H12O2. The lowest BCUT2D eigenvalue weighted by Crippen LogP contribution is -2.42. The first-order chi connectivity index (χ1) is 4.25. The molecule has 1 saturated heterocycles. The first kappa shape index (κ1) is 6.59. The number of hydrogen-bond acceptors (Lipinski definition) is 2. The van der Waals surface area contributed by atoms with Gasteiger partial charge < -0.3 is 4.74 Å². The molecule has 0 aliphatic carbocycles. The van der Waals surface area contributed by atoms with Crippen LogP contribution in [0.4, 0.5) is 0 Å². The molecule has 0 saturated carbocycles. The highest BCUT2D eigenvalue weighted by Crippen LogP contribution is 2.25. The summed E-state index contributed by atoms with van der Waals surface area (Å²) in [5.74, 6) is 0.194. The zero-order valence-electron chi connectivity index (χ0n) is 5.89. The summed E-state index contributed by atoms with van der Waals surface area (Å²) in [5.41, 5.74) is 0. The zero-order chi connectivity index (χ0) is 6.85. The largest absolute Gasteiger partial charge is 0.461 e. The molecule has 0 aromatic carbocycles. The maximum Gasteiger partial charge on any atom is 0.312 e. The number of carbonyl (C=O) groups is 1. The minimum absolute atomic E-state index is 0.00986. The van der Waals surface area contributed by atoms with Crippen LogP contribution in [-0.2, 0) is 9.53 Å². The summed E-state index contributed by atoms with van der Waals surface area (Å²) in [7, 11) is 0. The summed E-state index contributed by atoms with van der Waals surface area (Å²) in [4.78, 5) is 10.6. The Hall–Kier alpha value is -0.530. The second-order valence-electron chi connectivity index (χ2n) is 2.54. The molecule has 0 unspecified atom stereocenters. The number of ether oxygens (including phenoxy) is 1. The van der Waals surface area contributed by atoms with Crippen LogP contribution in [0.25, 0.3) is 0 Å². The Labute approximate surface area is 55.2 Å². The number of carbonyl (C=O) groups excluding carboxylic acids is 1. The molecule has 9 heavy (non-hydrogen) atoms. The van der Waals surface area contributed by atoms with Crippen LogP contribution in [0.2, 0.25) is 0 Å². The van der Waals surface area contributed by atoms with Crippen molar-refractivity contribution in [2.45, 2.75) is 32.8 Å². The fourth-order valence-corrected chi connectivity index (χ4v) is 1.14. The van der Waals surface area contributed by atoms with Crippen LogP contribution in [-0.4, -0.2) is 12.1 Å². The van der Waals surface area contributed by atoms with Gasteiger partial charge in [-0.3, -0.25) is 4.79 Å². The Morgan fingerprint density at radius 1 is 1.67 bits per heavy atom. The van der Waals surface area contributed by atoms with Gasteiger partial charge in [0.15, 0.2) is 0 Å². The van der Waals surface area contributed by atoms with Gasteiger partial charge in [-0.25, -0.2) is 0 Å². The monoisotopic (exact) mass is 128 g/mol. The van der Waals surface area contributed by atoms with Gasteiger partial charge in [0, 0.05) is 0 Å². The van der Waals surface area contributed by atoms with Crippen molar-refractivity contribution in [3.63, 3.8) is 0 Å². The number of hydrogen-bond donors (Lipinski definition) is 0. The highest BCUT2D eigenvalue weighted by atomic mass is 16.6. The average Bonchev–Trinajstić information content (AvgIpc) is 1.84. The van der Waals surface area contributed by atoms with Gasteiger partial charge in [0.2, 0.25) is 0 Å². The number of cyclic esters (lactones) is 1. The third-order valence-corrected chi connectivity index (χ3v) is 1.77. The third kappa shape index (κ3) is 1.07. The fraction of sp³-hybridized carbons (Fsp3) is 0.857. The number of rotatable bonds is 2. The SMILES string of the molecule is CCC[C@H]1C(=O)O[C@@H]1C. The molecule has 1 fully saturated rings. The first-order valence-corrected chi connectivity index (χ1v) is 3.46. The average molecular weight is 128 g/mol. The molecule has 2 heteroatoms. The molecule has 0 amide bonds. The lowest BCUT2D eigenvalue weighted by molar-refractivity contribution is -0.182. The van der Waals surface area contributed by atoms with E-state index in [1.54, 1.807) is 0 Å². The van der Waals surface area contributed by atoms with Gasteiger partial charge in [-0.1, -0.05) is 13.3 Å². The lowest BCUT2D eigenvalue weighted by Gasteiger charge is -2.31. The maximum absolute atomic E-state index is 10.6. The molecule has 52 valence electrons. The molecule has 2 nitrogen and oxygen atoms in total. The second kappa shape index (κ2) is 2.38. The van der Waals surface area contributed by atoms with Crippen LogP contribution < -0.4 is 0 Å². The normalized spacial score (nSPS) is 33.3. The van der Waals surface area contributed by atoms with Crippen LogP contribution in [0.1, 0.15) is 26.7 Å². The predicted molar refractivity (Wildman–Crippen MR) is 34.0 cm³/mol. The van der Waals surface area contributed by atoms with Gasteiger partial charge >= 0.3 is 5.97 Å². The Bertz CT molecular complexity index is 120. The van der Waals surface area contributed by atoms with E-state index in [0.29, 0.717) is 0 Å². The Morgan fingerprint density at radius 2 is 2.33 bits per heavy atom. The molecule has 0 aromatic rings. The smallest absolute Gasteiger partial charge is 0.312 e. The highest BCUT2D eigenvalue weighted by molar-refractivity contribution is 5.78. The van der Waals surface area contributed by atoms with Gasteiger partial charge in [-0.15, -0.1) is 0 Å². The second-order valence-corrected chi connectivity index (χ2v) is 2.54. The van der Waals surface area contributed by atoms with E-state index in [0.717, 1.165) is 12.8 Å². The molecule has 1 rings (SSSR count). The topological polar surface area (TPSA) is 26.3 Å². The summed E-state index contributed by atoms with van der Waals surface area (Å²) in [6, 6.07) is 0. The van der Waals surface area contributed by atoms with Crippen molar-refractivity contribution in [1.82, 2.24) is 0 Å². The van der Waals surface area contributed by atoms with E-state index in [1.807, 2.05) is 6.92 Å². The molecular weight excluding hydrogens is 116 g/mol. The van der Waals surface area contributed by atoms with Crippen LogP contribution in [0.5, 0.6) is 0 Å². The van der Waals surface area contributed by atoms with Crippen LogP contribution >= 0.6 is 0 Å². The third-order valence-electron chi connectivity index (χ3n) is 1.77. The van der Waals surface area contributed by atoms with Crippen molar-refractivity contribution in [2.75, 3.05) is 0 Å². The molecule has 0 aromatic heterocycles. The van der Waals surface area contributed by atoms with Crippen molar-refractivity contribution in [3.8, 4) is 0 Å². The molecule has 0 bridgehead atoms. The zero-order valence-corrected chi connectivity index (χ0v) is 5.89. The quantitative estimate of drug-likeness (QED) is 0.525.